The number of fused-ring (bicyclic) bond motifs is 2. The van der Waals surface area contributed by atoms with Crippen molar-refractivity contribution in [2.24, 2.45) is 5.92 Å². The molecule has 122 valence electrons. The van der Waals surface area contributed by atoms with E-state index < -0.39 is 5.41 Å². The minimum absolute atomic E-state index is 0.0162. The molecule has 2 amide bonds. The fourth-order valence-electron chi connectivity index (χ4n) is 4.35. The van der Waals surface area contributed by atoms with E-state index in [1.807, 2.05) is 23.1 Å². The van der Waals surface area contributed by atoms with Gasteiger partial charge >= 0.3 is 0 Å². The first-order valence-corrected chi connectivity index (χ1v) is 8.43. The van der Waals surface area contributed by atoms with Crippen molar-refractivity contribution in [3.05, 3.63) is 23.8 Å². The third-order valence-corrected chi connectivity index (χ3v) is 5.71. The highest BCUT2D eigenvalue weighted by Crippen LogP contribution is 2.46. The standard InChI is InChI=1S/C18H22N2O3/c1-23-13-6-7-15-14(10-13)18(17(22)19-15)8-9-20(11-18)16(21)12-4-2-3-5-12/h6-7,10,12H,2-5,8-9,11H2,1H3,(H,19,22). The summed E-state index contributed by atoms with van der Waals surface area (Å²) in [5, 5.41) is 2.98. The molecule has 1 saturated carbocycles. The first-order chi connectivity index (χ1) is 11.1. The van der Waals surface area contributed by atoms with Gasteiger partial charge in [-0.3, -0.25) is 9.59 Å². The molecule has 0 aromatic heterocycles. The number of carbonyl (C=O) groups excluding carboxylic acids is 2. The second-order valence-electron chi connectivity index (χ2n) is 6.94. The van der Waals surface area contributed by atoms with Gasteiger partial charge in [0.15, 0.2) is 0 Å². The van der Waals surface area contributed by atoms with Gasteiger partial charge in [0.1, 0.15) is 5.75 Å². The SMILES string of the molecule is COc1ccc2c(c1)C1(CCN(C(=O)C3CCCC3)C1)C(=O)N2. The van der Waals surface area contributed by atoms with Gasteiger partial charge < -0.3 is 15.0 Å². The van der Waals surface area contributed by atoms with Gasteiger partial charge in [0.2, 0.25) is 11.8 Å². The van der Waals surface area contributed by atoms with E-state index in [0.717, 1.165) is 42.7 Å². The van der Waals surface area contributed by atoms with Crippen LogP contribution in [0.15, 0.2) is 18.2 Å². The van der Waals surface area contributed by atoms with E-state index in [0.29, 0.717) is 19.5 Å². The zero-order chi connectivity index (χ0) is 16.0. The number of anilines is 1. The molecule has 2 fully saturated rings. The summed E-state index contributed by atoms with van der Waals surface area (Å²) in [5.74, 6) is 1.17. The van der Waals surface area contributed by atoms with Crippen LogP contribution in [0.5, 0.6) is 5.75 Å². The summed E-state index contributed by atoms with van der Waals surface area (Å²) < 4.78 is 5.31. The van der Waals surface area contributed by atoms with Crippen LogP contribution in [0.1, 0.15) is 37.7 Å². The van der Waals surface area contributed by atoms with Crippen molar-refractivity contribution in [3.8, 4) is 5.75 Å². The Kier molecular flexibility index (Phi) is 3.32. The third-order valence-electron chi connectivity index (χ3n) is 5.71. The van der Waals surface area contributed by atoms with Crippen molar-refractivity contribution in [1.29, 1.82) is 0 Å². The smallest absolute Gasteiger partial charge is 0.237 e. The van der Waals surface area contributed by atoms with Crippen molar-refractivity contribution in [2.75, 3.05) is 25.5 Å². The summed E-state index contributed by atoms with van der Waals surface area (Å²) in [4.78, 5) is 27.3. The molecule has 1 N–H and O–H groups in total. The number of carbonyl (C=O) groups is 2. The van der Waals surface area contributed by atoms with Crippen molar-refractivity contribution >= 4 is 17.5 Å². The molecular formula is C18H22N2O3. The molecule has 4 rings (SSSR count). The highest BCUT2D eigenvalue weighted by Gasteiger charge is 2.52. The Hall–Kier alpha value is -2.04. The molecule has 0 radical (unpaired) electrons. The average molecular weight is 314 g/mol. The van der Waals surface area contributed by atoms with Crippen LogP contribution in [0.2, 0.25) is 0 Å². The van der Waals surface area contributed by atoms with Crippen LogP contribution in [0, 0.1) is 5.92 Å². The second kappa shape index (κ2) is 5.25. The van der Waals surface area contributed by atoms with E-state index in [1.54, 1.807) is 7.11 Å². The maximum Gasteiger partial charge on any atom is 0.237 e. The Morgan fingerprint density at radius 2 is 2.13 bits per heavy atom. The number of hydrogen-bond donors (Lipinski definition) is 1. The normalized spacial score (nSPS) is 26.7. The average Bonchev–Trinajstić information content (AvgIpc) is 3.29. The van der Waals surface area contributed by atoms with Gasteiger partial charge in [0.05, 0.1) is 12.5 Å². The van der Waals surface area contributed by atoms with E-state index >= 15 is 0 Å². The fourth-order valence-corrected chi connectivity index (χ4v) is 4.35. The lowest BCUT2D eigenvalue weighted by Crippen LogP contribution is -2.40. The minimum atomic E-state index is -0.599. The maximum absolute atomic E-state index is 12.7. The van der Waals surface area contributed by atoms with Crippen LogP contribution >= 0.6 is 0 Å². The molecule has 3 aliphatic rings. The Bertz CT molecular complexity index is 666. The molecular weight excluding hydrogens is 292 g/mol. The van der Waals surface area contributed by atoms with Gasteiger partial charge in [-0.05, 0) is 43.0 Å². The highest BCUT2D eigenvalue weighted by molar-refractivity contribution is 6.07. The number of likely N-dealkylation sites (tertiary alicyclic amines) is 1. The van der Waals surface area contributed by atoms with Gasteiger partial charge in [-0.2, -0.15) is 0 Å². The number of rotatable bonds is 2. The van der Waals surface area contributed by atoms with E-state index in [2.05, 4.69) is 5.32 Å². The Balaban J connectivity index is 1.62. The zero-order valence-electron chi connectivity index (χ0n) is 13.4. The Labute approximate surface area is 136 Å². The molecule has 1 aromatic rings. The monoisotopic (exact) mass is 314 g/mol. The predicted octanol–water partition coefficient (Wildman–Crippen LogP) is 2.31. The van der Waals surface area contributed by atoms with Crippen molar-refractivity contribution in [1.82, 2.24) is 4.90 Å². The largest absolute Gasteiger partial charge is 0.497 e. The van der Waals surface area contributed by atoms with Gasteiger partial charge in [-0.15, -0.1) is 0 Å². The number of methoxy groups -OCH3 is 1. The molecule has 2 aliphatic heterocycles. The van der Waals surface area contributed by atoms with Crippen molar-refractivity contribution in [2.45, 2.75) is 37.5 Å². The summed E-state index contributed by atoms with van der Waals surface area (Å²) in [6, 6.07) is 5.69. The number of amides is 2. The van der Waals surface area contributed by atoms with Crippen LogP contribution < -0.4 is 10.1 Å². The molecule has 1 saturated heterocycles. The van der Waals surface area contributed by atoms with Crippen LogP contribution in [0.4, 0.5) is 5.69 Å². The highest BCUT2D eigenvalue weighted by atomic mass is 16.5. The molecule has 2 heterocycles. The van der Waals surface area contributed by atoms with E-state index in [4.69, 9.17) is 4.74 Å². The maximum atomic E-state index is 12.7. The summed E-state index contributed by atoms with van der Waals surface area (Å²) in [6.45, 7) is 1.16. The van der Waals surface area contributed by atoms with E-state index in [-0.39, 0.29) is 17.7 Å². The first-order valence-electron chi connectivity index (χ1n) is 8.43. The number of ether oxygens (including phenoxy) is 1. The number of benzene rings is 1. The van der Waals surface area contributed by atoms with Crippen molar-refractivity contribution in [3.63, 3.8) is 0 Å². The van der Waals surface area contributed by atoms with E-state index in [9.17, 15) is 9.59 Å². The Morgan fingerprint density at radius 3 is 2.87 bits per heavy atom. The Morgan fingerprint density at radius 1 is 1.35 bits per heavy atom. The van der Waals surface area contributed by atoms with Gasteiger partial charge in [0.25, 0.3) is 0 Å². The molecule has 1 aromatic carbocycles. The number of nitrogens with one attached hydrogen (secondary N) is 1. The molecule has 1 spiro atoms. The number of hydrogen-bond acceptors (Lipinski definition) is 3. The van der Waals surface area contributed by atoms with Gasteiger partial charge in [0, 0.05) is 24.7 Å². The molecule has 5 heteroatoms. The summed E-state index contributed by atoms with van der Waals surface area (Å²) in [5.41, 5.74) is 1.23. The lowest BCUT2D eigenvalue weighted by molar-refractivity contribution is -0.134. The van der Waals surface area contributed by atoms with Crippen LogP contribution in [-0.2, 0) is 15.0 Å². The van der Waals surface area contributed by atoms with Crippen LogP contribution in [-0.4, -0.2) is 36.9 Å². The third kappa shape index (κ3) is 2.13. The molecule has 1 unspecified atom stereocenters. The number of nitrogens with zero attached hydrogens (tertiary/aromatic N) is 1. The van der Waals surface area contributed by atoms with Gasteiger partial charge in [-0.1, -0.05) is 12.8 Å². The second-order valence-corrected chi connectivity index (χ2v) is 6.94. The lowest BCUT2D eigenvalue weighted by atomic mass is 9.81. The molecule has 5 nitrogen and oxygen atoms in total. The van der Waals surface area contributed by atoms with Crippen LogP contribution in [0.25, 0.3) is 0 Å². The van der Waals surface area contributed by atoms with Gasteiger partial charge in [-0.25, -0.2) is 0 Å². The summed E-state index contributed by atoms with van der Waals surface area (Å²) in [6.07, 6.45) is 4.99. The first kappa shape index (κ1) is 14.5. The zero-order valence-corrected chi connectivity index (χ0v) is 13.4. The lowest BCUT2D eigenvalue weighted by Gasteiger charge is -2.24. The summed E-state index contributed by atoms with van der Waals surface area (Å²) in [7, 11) is 1.63. The molecule has 23 heavy (non-hydrogen) atoms. The molecule has 1 atom stereocenters. The topological polar surface area (TPSA) is 58.6 Å². The quantitative estimate of drug-likeness (QED) is 0.911. The van der Waals surface area contributed by atoms with Crippen LogP contribution in [0.3, 0.4) is 0 Å². The van der Waals surface area contributed by atoms with Crippen molar-refractivity contribution < 1.29 is 14.3 Å². The molecule has 1 aliphatic carbocycles. The predicted molar refractivity (Wildman–Crippen MR) is 86.5 cm³/mol. The fraction of sp³-hybridized carbons (Fsp3) is 0.556. The molecule has 0 bridgehead atoms. The minimum Gasteiger partial charge on any atom is -0.497 e. The summed E-state index contributed by atoms with van der Waals surface area (Å²) >= 11 is 0. The van der Waals surface area contributed by atoms with E-state index in [1.165, 1.54) is 0 Å².